The van der Waals surface area contributed by atoms with Gasteiger partial charge in [0.2, 0.25) is 0 Å². The molecule has 0 aliphatic heterocycles. The fraction of sp³-hybridized carbons (Fsp3) is 0.878. The van der Waals surface area contributed by atoms with E-state index in [0.717, 1.165) is 57.5 Å². The van der Waals surface area contributed by atoms with Crippen LogP contribution in [0.4, 0.5) is 0 Å². The van der Waals surface area contributed by atoms with Gasteiger partial charge in [-0.1, -0.05) is 54.0 Å². The first-order valence-corrected chi connectivity index (χ1v) is 19.2. The van der Waals surface area contributed by atoms with Crippen molar-refractivity contribution in [3.63, 3.8) is 0 Å². The predicted octanol–water partition coefficient (Wildman–Crippen LogP) is 8.77. The quantitative estimate of drug-likeness (QED) is 0.181. The van der Waals surface area contributed by atoms with Gasteiger partial charge in [-0.05, 0) is 149 Å². The largest absolute Gasteiger partial charge is 0.481 e. The highest BCUT2D eigenvalue weighted by molar-refractivity contribution is 6.00. The van der Waals surface area contributed by atoms with Crippen LogP contribution in [-0.2, 0) is 19.1 Å². The molecule has 0 bridgehead atoms. The second-order valence-electron chi connectivity index (χ2n) is 19.6. The van der Waals surface area contributed by atoms with Crippen LogP contribution in [0.2, 0.25) is 0 Å². The third-order valence-electron chi connectivity index (χ3n) is 15.9. The molecular formula is C41H65NO5. The van der Waals surface area contributed by atoms with E-state index in [1.54, 1.807) is 19.4 Å². The fourth-order valence-electron chi connectivity index (χ4n) is 12.8. The lowest BCUT2D eigenvalue weighted by Gasteiger charge is -2.72. The molecule has 0 saturated heterocycles. The number of ether oxygens (including phenoxy) is 1. The minimum absolute atomic E-state index is 0.0425. The van der Waals surface area contributed by atoms with Crippen LogP contribution in [-0.4, -0.2) is 42.0 Å². The highest BCUT2D eigenvalue weighted by Crippen LogP contribution is 2.77. The number of carbonyl (C=O) groups is 3. The number of hydrogen-bond donors (Lipinski definition) is 2. The summed E-state index contributed by atoms with van der Waals surface area (Å²) in [6.07, 6.45) is 13.2. The zero-order valence-corrected chi connectivity index (χ0v) is 31.2. The number of fused-ring (bicyclic) bond motifs is 7. The first kappa shape index (κ1) is 35.1. The maximum Gasteiger partial charge on any atom is 0.309 e. The number of allylic oxidation sites excluding steroid dienone is 2. The van der Waals surface area contributed by atoms with Crippen molar-refractivity contribution in [2.45, 2.75) is 152 Å². The summed E-state index contributed by atoms with van der Waals surface area (Å²) in [7, 11) is 0. The number of carbonyl (C=O) groups excluding carboxylic acids is 2. The topological polar surface area (TPSA) is 92.7 Å². The SMILES string of the molecule is CC(C)C1=C2[C@H]3CC[C@@H]4[C@@]5(C)CC[C@H](OC(=O)CC(C)(C)C(=O)O)C(C)(C)[C@@H]5CC[C@@]4(C)[C@]3(C)CC[C@@]2(CCNCC2CC2)CC1=O. The molecule has 6 nitrogen and oxygen atoms in total. The number of nitrogens with one attached hydrogen (secondary N) is 1. The van der Waals surface area contributed by atoms with E-state index in [9.17, 15) is 19.5 Å². The molecule has 0 aromatic carbocycles. The lowest BCUT2D eigenvalue weighted by atomic mass is 9.33. The molecule has 0 unspecified atom stereocenters. The Bertz CT molecular complexity index is 1320. The Morgan fingerprint density at radius 1 is 0.915 bits per heavy atom. The van der Waals surface area contributed by atoms with Crippen molar-refractivity contribution >= 4 is 17.7 Å². The minimum atomic E-state index is -1.13. The lowest BCUT2D eigenvalue weighted by molar-refractivity contribution is -0.233. The van der Waals surface area contributed by atoms with Crippen molar-refractivity contribution in [2.75, 3.05) is 13.1 Å². The molecule has 8 atom stereocenters. The van der Waals surface area contributed by atoms with E-state index in [2.05, 4.69) is 53.8 Å². The molecule has 6 heteroatoms. The molecule has 0 aromatic rings. The molecule has 0 heterocycles. The normalized spacial score (nSPS) is 41.2. The smallest absolute Gasteiger partial charge is 0.309 e. The van der Waals surface area contributed by atoms with E-state index in [1.807, 2.05) is 0 Å². The second kappa shape index (κ2) is 11.7. The zero-order valence-electron chi connectivity index (χ0n) is 31.2. The van der Waals surface area contributed by atoms with Gasteiger partial charge < -0.3 is 15.2 Å². The van der Waals surface area contributed by atoms with Crippen molar-refractivity contribution in [1.82, 2.24) is 5.32 Å². The molecule has 5 fully saturated rings. The van der Waals surface area contributed by atoms with Gasteiger partial charge in [0.1, 0.15) is 6.10 Å². The van der Waals surface area contributed by atoms with Crippen molar-refractivity contribution in [2.24, 2.45) is 62.1 Å². The summed E-state index contributed by atoms with van der Waals surface area (Å²) in [5, 5.41) is 13.4. The average Bonchev–Trinajstić information content (AvgIpc) is 3.74. The Labute approximate surface area is 285 Å². The van der Waals surface area contributed by atoms with Gasteiger partial charge in [0.05, 0.1) is 11.8 Å². The third kappa shape index (κ3) is 5.48. The van der Waals surface area contributed by atoms with Crippen LogP contribution in [0.15, 0.2) is 11.1 Å². The third-order valence-corrected chi connectivity index (χ3v) is 15.9. The van der Waals surface area contributed by atoms with Gasteiger partial charge in [-0.25, -0.2) is 0 Å². The van der Waals surface area contributed by atoms with Crippen molar-refractivity contribution in [3.05, 3.63) is 11.1 Å². The summed E-state index contributed by atoms with van der Waals surface area (Å²) >= 11 is 0. The Morgan fingerprint density at radius 3 is 2.26 bits per heavy atom. The van der Waals surface area contributed by atoms with Crippen LogP contribution in [0, 0.1) is 62.1 Å². The maximum atomic E-state index is 13.9. The lowest BCUT2D eigenvalue weighted by Crippen LogP contribution is -2.65. The predicted molar refractivity (Wildman–Crippen MR) is 186 cm³/mol. The number of Topliss-reactive ketones (excluding diaryl/α,β-unsaturated/α-hetero) is 1. The summed E-state index contributed by atoms with van der Waals surface area (Å²) in [6.45, 7) is 22.3. The van der Waals surface area contributed by atoms with Crippen LogP contribution in [0.1, 0.15) is 146 Å². The molecule has 6 aliphatic carbocycles. The van der Waals surface area contributed by atoms with E-state index in [1.165, 1.54) is 44.1 Å². The molecule has 0 aromatic heterocycles. The van der Waals surface area contributed by atoms with E-state index in [0.29, 0.717) is 23.5 Å². The molecule has 5 saturated carbocycles. The van der Waals surface area contributed by atoms with Crippen LogP contribution in [0.3, 0.4) is 0 Å². The van der Waals surface area contributed by atoms with Crippen LogP contribution in [0.5, 0.6) is 0 Å². The van der Waals surface area contributed by atoms with E-state index >= 15 is 0 Å². The van der Waals surface area contributed by atoms with Gasteiger partial charge in [0.15, 0.2) is 5.78 Å². The van der Waals surface area contributed by atoms with Crippen LogP contribution >= 0.6 is 0 Å². The number of carboxylic acids is 1. The summed E-state index contributed by atoms with van der Waals surface area (Å²) in [6, 6.07) is 0. The number of hydrogen-bond acceptors (Lipinski definition) is 5. The highest BCUT2D eigenvalue weighted by Gasteiger charge is 2.70. The van der Waals surface area contributed by atoms with Crippen molar-refractivity contribution in [1.29, 1.82) is 0 Å². The van der Waals surface area contributed by atoms with E-state index in [4.69, 9.17) is 4.74 Å². The van der Waals surface area contributed by atoms with Crippen LogP contribution in [0.25, 0.3) is 0 Å². The monoisotopic (exact) mass is 651 g/mol. The van der Waals surface area contributed by atoms with Gasteiger partial charge in [0, 0.05) is 17.3 Å². The molecule has 0 spiro atoms. The number of rotatable bonds is 10. The van der Waals surface area contributed by atoms with Gasteiger partial charge in [-0.2, -0.15) is 0 Å². The molecule has 6 aliphatic rings. The van der Waals surface area contributed by atoms with Gasteiger partial charge in [-0.15, -0.1) is 0 Å². The Morgan fingerprint density at radius 2 is 1.62 bits per heavy atom. The summed E-state index contributed by atoms with van der Waals surface area (Å²) < 4.78 is 6.17. The zero-order chi connectivity index (χ0) is 34.4. The van der Waals surface area contributed by atoms with Gasteiger partial charge in [-0.3, -0.25) is 14.4 Å². The number of ketones is 1. The summed E-state index contributed by atoms with van der Waals surface area (Å²) in [5.74, 6) is 1.73. The van der Waals surface area contributed by atoms with Crippen molar-refractivity contribution < 1.29 is 24.2 Å². The molecular weight excluding hydrogens is 586 g/mol. The molecule has 6 rings (SSSR count). The van der Waals surface area contributed by atoms with Crippen LogP contribution < -0.4 is 5.32 Å². The Kier molecular flexibility index (Phi) is 8.74. The number of esters is 1. The first-order chi connectivity index (χ1) is 21.8. The molecule has 0 amide bonds. The van der Waals surface area contributed by atoms with Crippen molar-refractivity contribution in [3.8, 4) is 0 Å². The average molecular weight is 652 g/mol. The Balaban J connectivity index is 1.26. The molecule has 2 N–H and O–H groups in total. The number of aliphatic carboxylic acids is 1. The second-order valence-corrected chi connectivity index (χ2v) is 19.6. The molecule has 264 valence electrons. The molecule has 47 heavy (non-hydrogen) atoms. The van der Waals surface area contributed by atoms with Gasteiger partial charge >= 0.3 is 11.9 Å². The maximum absolute atomic E-state index is 13.9. The summed E-state index contributed by atoms with van der Waals surface area (Å²) in [5.41, 5.74) is 2.00. The minimum Gasteiger partial charge on any atom is -0.481 e. The van der Waals surface area contributed by atoms with E-state index in [-0.39, 0.29) is 51.5 Å². The highest BCUT2D eigenvalue weighted by atomic mass is 16.5. The standard InChI is InChI=1S/C41H65NO5/c1-25(2)33-28(43)22-41(20-21-42-24-26-10-11-26)19-18-39(8)27(34(33)41)12-13-30-38(7)16-15-31(47-32(44)23-36(3,4)35(45)46)37(5,6)29(38)14-17-40(30,39)9/h25-27,29-31,42H,10-24H2,1-9H3,(H,45,46)/t27-,29+,30-,31+,38+,39-,40-,41-/m1/s1. The molecule has 0 radical (unpaired) electrons. The Hall–Kier alpha value is -1.69. The van der Waals surface area contributed by atoms with E-state index < -0.39 is 11.4 Å². The van der Waals surface area contributed by atoms with Gasteiger partial charge in [0.25, 0.3) is 0 Å². The fourth-order valence-corrected chi connectivity index (χ4v) is 12.8. The first-order valence-electron chi connectivity index (χ1n) is 19.2. The number of carboxylic acid groups (broad SMARTS) is 1. The summed E-state index contributed by atoms with van der Waals surface area (Å²) in [4.78, 5) is 38.6.